The monoisotopic (exact) mass is 247 g/mol. The largest absolute Gasteiger partial charge is 0.497 e. The van der Waals surface area contributed by atoms with Crippen LogP contribution in [0.3, 0.4) is 0 Å². The smallest absolute Gasteiger partial charge is 0.123 e. The summed E-state index contributed by atoms with van der Waals surface area (Å²) in [6.45, 7) is 8.25. The van der Waals surface area contributed by atoms with Crippen LogP contribution in [0.2, 0.25) is 0 Å². The third kappa shape index (κ3) is 3.64. The highest BCUT2D eigenvalue weighted by Crippen LogP contribution is 2.31. The Morgan fingerprint density at radius 2 is 2.00 bits per heavy atom. The number of ether oxygens (including phenoxy) is 2. The molecule has 0 heterocycles. The number of benzene rings is 1. The summed E-state index contributed by atoms with van der Waals surface area (Å²) in [5.74, 6) is 1.67. The van der Waals surface area contributed by atoms with Gasteiger partial charge in [0.2, 0.25) is 0 Å². The summed E-state index contributed by atoms with van der Waals surface area (Å²) in [7, 11) is 3.33. The Morgan fingerprint density at radius 1 is 1.22 bits per heavy atom. The van der Waals surface area contributed by atoms with Crippen molar-refractivity contribution in [3.8, 4) is 11.5 Å². The zero-order valence-electron chi connectivity index (χ0n) is 11.1. The molecule has 1 unspecified atom stereocenters. The van der Waals surface area contributed by atoms with Crippen molar-refractivity contribution in [1.82, 2.24) is 5.32 Å². The predicted molar refractivity (Wildman–Crippen MR) is 75.3 cm³/mol. The van der Waals surface area contributed by atoms with Gasteiger partial charge in [-0.1, -0.05) is 12.2 Å². The van der Waals surface area contributed by atoms with Crippen LogP contribution in [0.4, 0.5) is 0 Å². The van der Waals surface area contributed by atoms with Gasteiger partial charge in [-0.15, -0.1) is 13.2 Å². The van der Waals surface area contributed by atoms with E-state index in [9.17, 15) is 0 Å². The molecule has 1 aromatic carbocycles. The van der Waals surface area contributed by atoms with Crippen LogP contribution in [-0.4, -0.2) is 20.8 Å². The van der Waals surface area contributed by atoms with Gasteiger partial charge in [0.15, 0.2) is 0 Å². The molecule has 0 aliphatic heterocycles. The van der Waals surface area contributed by atoms with Crippen LogP contribution in [0, 0.1) is 0 Å². The molecule has 0 fully saturated rings. The van der Waals surface area contributed by atoms with E-state index in [-0.39, 0.29) is 6.04 Å². The Morgan fingerprint density at radius 3 is 2.56 bits per heavy atom. The highest BCUT2D eigenvalue weighted by atomic mass is 16.5. The molecule has 0 saturated carbocycles. The maximum absolute atomic E-state index is 5.40. The van der Waals surface area contributed by atoms with Gasteiger partial charge >= 0.3 is 0 Å². The maximum Gasteiger partial charge on any atom is 0.123 e. The van der Waals surface area contributed by atoms with Crippen LogP contribution in [0.1, 0.15) is 18.0 Å². The first kappa shape index (κ1) is 14.3. The highest BCUT2D eigenvalue weighted by molar-refractivity contribution is 5.42. The van der Waals surface area contributed by atoms with E-state index in [0.29, 0.717) is 0 Å². The molecule has 1 rings (SSSR count). The quantitative estimate of drug-likeness (QED) is 0.716. The Hall–Kier alpha value is -1.74. The number of nitrogens with one attached hydrogen (secondary N) is 1. The van der Waals surface area contributed by atoms with E-state index in [1.54, 1.807) is 14.2 Å². The lowest BCUT2D eigenvalue weighted by Crippen LogP contribution is -2.21. The van der Waals surface area contributed by atoms with Gasteiger partial charge in [0.25, 0.3) is 0 Å². The van der Waals surface area contributed by atoms with E-state index >= 15 is 0 Å². The summed E-state index contributed by atoms with van der Waals surface area (Å²) in [5.41, 5.74) is 1.07. The summed E-state index contributed by atoms with van der Waals surface area (Å²) < 4.78 is 10.7. The average molecular weight is 247 g/mol. The minimum Gasteiger partial charge on any atom is -0.497 e. The van der Waals surface area contributed by atoms with Crippen molar-refractivity contribution in [3.63, 3.8) is 0 Å². The van der Waals surface area contributed by atoms with E-state index in [1.165, 1.54) is 0 Å². The van der Waals surface area contributed by atoms with Gasteiger partial charge in [0.1, 0.15) is 11.5 Å². The third-order valence-electron chi connectivity index (χ3n) is 2.72. The molecule has 98 valence electrons. The average Bonchev–Trinajstić information content (AvgIpc) is 2.42. The second-order valence-electron chi connectivity index (χ2n) is 3.88. The molecule has 0 bridgehead atoms. The van der Waals surface area contributed by atoms with E-state index in [0.717, 1.165) is 30.0 Å². The highest BCUT2D eigenvalue weighted by Gasteiger charge is 2.15. The summed E-state index contributed by atoms with van der Waals surface area (Å²) >= 11 is 0. The first-order chi connectivity index (χ1) is 8.76. The van der Waals surface area contributed by atoms with Gasteiger partial charge in [-0.25, -0.2) is 0 Å². The molecule has 18 heavy (non-hydrogen) atoms. The second kappa shape index (κ2) is 7.56. The van der Waals surface area contributed by atoms with Crippen LogP contribution < -0.4 is 14.8 Å². The maximum atomic E-state index is 5.40. The fraction of sp³-hybridized carbons (Fsp3) is 0.333. The molecule has 3 nitrogen and oxygen atoms in total. The molecule has 1 atom stereocenters. The van der Waals surface area contributed by atoms with Crippen molar-refractivity contribution in [1.29, 1.82) is 0 Å². The van der Waals surface area contributed by atoms with Gasteiger partial charge in [-0.2, -0.15) is 0 Å². The molecule has 1 aromatic rings. The van der Waals surface area contributed by atoms with Crippen LogP contribution in [0.25, 0.3) is 0 Å². The van der Waals surface area contributed by atoms with Gasteiger partial charge < -0.3 is 14.8 Å². The molecule has 0 amide bonds. The van der Waals surface area contributed by atoms with Crippen LogP contribution >= 0.6 is 0 Å². The first-order valence-corrected chi connectivity index (χ1v) is 5.93. The van der Waals surface area contributed by atoms with Crippen molar-refractivity contribution in [2.45, 2.75) is 12.5 Å². The van der Waals surface area contributed by atoms with Gasteiger partial charge in [0, 0.05) is 18.2 Å². The summed E-state index contributed by atoms with van der Waals surface area (Å²) in [5, 5.41) is 3.39. The third-order valence-corrected chi connectivity index (χ3v) is 2.72. The molecule has 0 aliphatic carbocycles. The molecular weight excluding hydrogens is 226 g/mol. The van der Waals surface area contributed by atoms with Crippen molar-refractivity contribution in [3.05, 3.63) is 49.1 Å². The Labute approximate surface area is 109 Å². The SMILES string of the molecule is C=CCNC(CC=C)c1cc(OC)ccc1OC. The molecule has 1 N–H and O–H groups in total. The van der Waals surface area contributed by atoms with E-state index in [2.05, 4.69) is 18.5 Å². The number of methoxy groups -OCH3 is 2. The standard InChI is InChI=1S/C15H21NO2/c1-5-7-14(16-10-6-2)13-11-12(17-3)8-9-15(13)18-4/h5-6,8-9,11,14,16H,1-2,7,10H2,3-4H3. The zero-order valence-corrected chi connectivity index (χ0v) is 11.1. The lowest BCUT2D eigenvalue weighted by molar-refractivity contribution is 0.391. The number of rotatable bonds is 8. The summed E-state index contributed by atoms with van der Waals surface area (Å²) in [4.78, 5) is 0. The van der Waals surface area contributed by atoms with Crippen molar-refractivity contribution in [2.75, 3.05) is 20.8 Å². The molecule has 0 radical (unpaired) electrons. The molecular formula is C15H21NO2. The number of hydrogen-bond acceptors (Lipinski definition) is 3. The molecule has 0 aliphatic rings. The topological polar surface area (TPSA) is 30.5 Å². The van der Waals surface area contributed by atoms with E-state index < -0.39 is 0 Å². The van der Waals surface area contributed by atoms with E-state index in [1.807, 2.05) is 30.4 Å². The van der Waals surface area contributed by atoms with Crippen molar-refractivity contribution in [2.24, 2.45) is 0 Å². The Balaban J connectivity index is 3.05. The lowest BCUT2D eigenvalue weighted by atomic mass is 10.0. The lowest BCUT2D eigenvalue weighted by Gasteiger charge is -2.20. The summed E-state index contributed by atoms with van der Waals surface area (Å²) in [6, 6.07) is 5.94. The Kier molecular flexibility index (Phi) is 6.01. The molecule has 0 saturated heterocycles. The second-order valence-corrected chi connectivity index (χ2v) is 3.88. The minimum atomic E-state index is 0.144. The van der Waals surface area contributed by atoms with Crippen LogP contribution in [0.15, 0.2) is 43.5 Å². The van der Waals surface area contributed by atoms with Gasteiger partial charge in [-0.3, -0.25) is 0 Å². The summed E-state index contributed by atoms with van der Waals surface area (Å²) in [6.07, 6.45) is 4.54. The van der Waals surface area contributed by atoms with Crippen LogP contribution in [0.5, 0.6) is 11.5 Å². The zero-order chi connectivity index (χ0) is 13.4. The number of hydrogen-bond donors (Lipinski definition) is 1. The van der Waals surface area contributed by atoms with Gasteiger partial charge in [0.05, 0.1) is 14.2 Å². The normalized spacial score (nSPS) is 11.7. The molecule has 0 spiro atoms. The predicted octanol–water partition coefficient (Wildman–Crippen LogP) is 3.10. The van der Waals surface area contributed by atoms with E-state index in [4.69, 9.17) is 9.47 Å². The fourth-order valence-corrected chi connectivity index (χ4v) is 1.82. The van der Waals surface area contributed by atoms with Crippen LogP contribution in [-0.2, 0) is 0 Å². The Bertz CT molecular complexity index is 401. The fourth-order valence-electron chi connectivity index (χ4n) is 1.82. The van der Waals surface area contributed by atoms with Crippen molar-refractivity contribution < 1.29 is 9.47 Å². The minimum absolute atomic E-state index is 0.144. The molecule has 0 aromatic heterocycles. The first-order valence-electron chi connectivity index (χ1n) is 5.93. The molecule has 3 heteroatoms. The van der Waals surface area contributed by atoms with Crippen molar-refractivity contribution >= 4 is 0 Å². The van der Waals surface area contributed by atoms with Gasteiger partial charge in [-0.05, 0) is 24.6 Å².